The Morgan fingerprint density at radius 1 is 1.33 bits per heavy atom. The zero-order chi connectivity index (χ0) is 18.5. The van der Waals surface area contributed by atoms with Crippen LogP contribution in [-0.2, 0) is 0 Å². The molecule has 27 heavy (non-hydrogen) atoms. The number of alkyl halides is 1. The van der Waals surface area contributed by atoms with E-state index in [0.29, 0.717) is 17.8 Å². The molecule has 1 saturated carbocycles. The molecular formula is C18H16FN5O2S. The van der Waals surface area contributed by atoms with Crippen molar-refractivity contribution in [3.63, 3.8) is 0 Å². The van der Waals surface area contributed by atoms with Gasteiger partial charge in [-0.05, 0) is 30.7 Å². The van der Waals surface area contributed by atoms with E-state index in [1.165, 1.54) is 11.3 Å². The number of hydrogen-bond donors (Lipinski definition) is 1. The van der Waals surface area contributed by atoms with Crippen LogP contribution in [0.2, 0.25) is 0 Å². The van der Waals surface area contributed by atoms with Crippen molar-refractivity contribution in [2.45, 2.75) is 24.6 Å². The van der Waals surface area contributed by atoms with Gasteiger partial charge < -0.3 is 9.84 Å². The van der Waals surface area contributed by atoms with Gasteiger partial charge in [0.25, 0.3) is 0 Å². The van der Waals surface area contributed by atoms with Gasteiger partial charge in [-0.1, -0.05) is 5.21 Å². The molecule has 0 spiro atoms. The Bertz CT molecular complexity index is 1100. The fourth-order valence-corrected chi connectivity index (χ4v) is 4.49. The van der Waals surface area contributed by atoms with E-state index in [0.717, 1.165) is 21.1 Å². The second-order valence-electron chi connectivity index (χ2n) is 6.50. The highest BCUT2D eigenvalue weighted by atomic mass is 32.1. The Labute approximate surface area is 157 Å². The second kappa shape index (κ2) is 6.14. The normalized spacial score (nSPS) is 20.1. The third kappa shape index (κ3) is 2.70. The molecule has 1 fully saturated rings. The predicted molar refractivity (Wildman–Crippen MR) is 97.3 cm³/mol. The van der Waals surface area contributed by atoms with Crippen LogP contribution in [0, 0.1) is 0 Å². The fraction of sp³-hybridized carbons (Fsp3) is 0.278. The number of aromatic nitrogens is 5. The molecule has 3 heterocycles. The zero-order valence-corrected chi connectivity index (χ0v) is 15.2. The number of methoxy groups -OCH3 is 1. The summed E-state index contributed by atoms with van der Waals surface area (Å²) >= 11 is 1.47. The van der Waals surface area contributed by atoms with Crippen LogP contribution in [0.3, 0.4) is 0 Å². The molecule has 138 valence electrons. The maximum Gasteiger partial charge on any atom is 0.141 e. The van der Waals surface area contributed by atoms with E-state index < -0.39 is 12.3 Å². The predicted octanol–water partition coefficient (Wildman–Crippen LogP) is 2.89. The first-order valence-electron chi connectivity index (χ1n) is 8.49. The number of nitrogens with zero attached hydrogens (tertiary/aromatic N) is 5. The first-order valence-corrected chi connectivity index (χ1v) is 9.31. The van der Waals surface area contributed by atoms with Gasteiger partial charge in [-0.2, -0.15) is 0 Å². The molecule has 9 heteroatoms. The number of aliphatic hydroxyl groups excluding tert-OH is 1. The number of halogens is 1. The van der Waals surface area contributed by atoms with Crippen LogP contribution < -0.4 is 4.74 Å². The standard InChI is InChI=1S/C18H16FN5O2S/c1-26-11-4-2-10(3-5-11)24-8-14(21-22-24)17(25)16-18(12-6-13(12)19)27-15-7-20-9-23(15)16/h2-5,7-9,12-13,17,25H,6H2,1H3. The van der Waals surface area contributed by atoms with E-state index in [4.69, 9.17) is 4.74 Å². The molecule has 0 radical (unpaired) electrons. The average Bonchev–Trinajstić information content (AvgIpc) is 3.10. The Balaban J connectivity index is 1.51. The number of thiazole rings is 1. The summed E-state index contributed by atoms with van der Waals surface area (Å²) in [5, 5.41) is 19.2. The zero-order valence-electron chi connectivity index (χ0n) is 14.4. The van der Waals surface area contributed by atoms with E-state index >= 15 is 0 Å². The molecule has 7 nitrogen and oxygen atoms in total. The summed E-state index contributed by atoms with van der Waals surface area (Å²) in [4.78, 5) is 5.85. The molecule has 0 saturated heterocycles. The van der Waals surface area contributed by atoms with Gasteiger partial charge in [0.1, 0.15) is 34.9 Å². The number of imidazole rings is 1. The van der Waals surface area contributed by atoms with Crippen molar-refractivity contribution in [1.82, 2.24) is 24.4 Å². The molecule has 0 bridgehead atoms. The Kier molecular flexibility index (Phi) is 3.73. The summed E-state index contributed by atoms with van der Waals surface area (Å²) in [6, 6.07) is 7.36. The Morgan fingerprint density at radius 2 is 2.11 bits per heavy atom. The van der Waals surface area contributed by atoms with Crippen LogP contribution in [0.5, 0.6) is 5.75 Å². The summed E-state index contributed by atoms with van der Waals surface area (Å²) in [5.74, 6) is 0.589. The maximum absolute atomic E-state index is 13.7. The molecular weight excluding hydrogens is 369 g/mol. The van der Waals surface area contributed by atoms with E-state index in [1.807, 2.05) is 28.7 Å². The lowest BCUT2D eigenvalue weighted by Crippen LogP contribution is -2.06. The SMILES string of the molecule is COc1ccc(-n2cc(C(O)c3c(C4CC4F)sc4cncn34)nn2)cc1. The lowest BCUT2D eigenvalue weighted by molar-refractivity contribution is 0.208. The minimum atomic E-state index is -1.01. The minimum Gasteiger partial charge on any atom is -0.497 e. The van der Waals surface area contributed by atoms with Crippen molar-refractivity contribution in [1.29, 1.82) is 0 Å². The largest absolute Gasteiger partial charge is 0.497 e. The highest BCUT2D eigenvalue weighted by Crippen LogP contribution is 2.49. The van der Waals surface area contributed by atoms with Crippen LogP contribution >= 0.6 is 11.3 Å². The number of hydrogen-bond acceptors (Lipinski definition) is 6. The molecule has 3 aromatic heterocycles. The first-order chi connectivity index (χ1) is 13.2. The summed E-state index contributed by atoms with van der Waals surface area (Å²) < 4.78 is 22.2. The monoisotopic (exact) mass is 385 g/mol. The quantitative estimate of drug-likeness (QED) is 0.572. The lowest BCUT2D eigenvalue weighted by atomic mass is 10.1. The van der Waals surface area contributed by atoms with E-state index in [-0.39, 0.29) is 5.92 Å². The number of rotatable bonds is 5. The summed E-state index contributed by atoms with van der Waals surface area (Å²) in [6.07, 6.45) is 3.67. The van der Waals surface area contributed by atoms with Crippen LogP contribution in [0.1, 0.15) is 34.7 Å². The van der Waals surface area contributed by atoms with Crippen LogP contribution in [0.15, 0.2) is 43.0 Å². The van der Waals surface area contributed by atoms with Crippen molar-refractivity contribution >= 4 is 16.2 Å². The molecule has 1 N–H and O–H groups in total. The minimum absolute atomic E-state index is 0.156. The summed E-state index contributed by atoms with van der Waals surface area (Å²) in [6.45, 7) is 0. The second-order valence-corrected chi connectivity index (χ2v) is 7.56. The van der Waals surface area contributed by atoms with Crippen LogP contribution in [-0.4, -0.2) is 42.8 Å². The highest BCUT2D eigenvalue weighted by molar-refractivity contribution is 7.17. The average molecular weight is 385 g/mol. The van der Waals surface area contributed by atoms with Crippen molar-refractivity contribution in [3.8, 4) is 11.4 Å². The number of ether oxygens (including phenoxy) is 1. The Morgan fingerprint density at radius 3 is 2.81 bits per heavy atom. The smallest absolute Gasteiger partial charge is 0.141 e. The van der Waals surface area contributed by atoms with Gasteiger partial charge >= 0.3 is 0 Å². The fourth-order valence-electron chi connectivity index (χ4n) is 3.19. The highest BCUT2D eigenvalue weighted by Gasteiger charge is 2.43. The number of aliphatic hydroxyl groups is 1. The molecule has 3 unspecified atom stereocenters. The van der Waals surface area contributed by atoms with Gasteiger partial charge in [0, 0.05) is 10.8 Å². The maximum atomic E-state index is 13.7. The molecule has 1 aliphatic carbocycles. The van der Waals surface area contributed by atoms with Crippen LogP contribution in [0.25, 0.3) is 10.5 Å². The first kappa shape index (κ1) is 16.4. The lowest BCUT2D eigenvalue weighted by Gasteiger charge is -2.09. The van der Waals surface area contributed by atoms with E-state index in [1.54, 1.807) is 30.5 Å². The van der Waals surface area contributed by atoms with Crippen molar-refractivity contribution in [3.05, 3.63) is 59.3 Å². The van der Waals surface area contributed by atoms with E-state index in [9.17, 15) is 9.50 Å². The van der Waals surface area contributed by atoms with Crippen molar-refractivity contribution < 1.29 is 14.2 Å². The molecule has 1 aliphatic rings. The molecule has 1 aromatic carbocycles. The van der Waals surface area contributed by atoms with Crippen LogP contribution in [0.4, 0.5) is 4.39 Å². The molecule has 0 aliphatic heterocycles. The molecule has 5 rings (SSSR count). The topological polar surface area (TPSA) is 77.5 Å². The van der Waals surface area contributed by atoms with Crippen molar-refractivity contribution in [2.24, 2.45) is 0 Å². The Hall–Kier alpha value is -2.78. The van der Waals surface area contributed by atoms with Gasteiger partial charge in [-0.25, -0.2) is 14.1 Å². The number of fused-ring (bicyclic) bond motifs is 1. The van der Waals surface area contributed by atoms with Gasteiger partial charge in [0.15, 0.2) is 0 Å². The van der Waals surface area contributed by atoms with Crippen molar-refractivity contribution in [2.75, 3.05) is 7.11 Å². The molecule has 4 aromatic rings. The van der Waals surface area contributed by atoms with Gasteiger partial charge in [-0.3, -0.25) is 4.40 Å². The van der Waals surface area contributed by atoms with Gasteiger partial charge in [0.2, 0.25) is 0 Å². The summed E-state index contributed by atoms with van der Waals surface area (Å²) in [7, 11) is 1.61. The summed E-state index contributed by atoms with van der Waals surface area (Å²) in [5.41, 5.74) is 1.82. The number of benzene rings is 1. The van der Waals surface area contributed by atoms with Gasteiger partial charge in [-0.15, -0.1) is 16.4 Å². The molecule has 3 atom stereocenters. The third-order valence-corrected chi connectivity index (χ3v) is 6.01. The van der Waals surface area contributed by atoms with E-state index in [2.05, 4.69) is 15.3 Å². The molecule has 0 amide bonds. The van der Waals surface area contributed by atoms with Gasteiger partial charge in [0.05, 0.1) is 30.9 Å². The third-order valence-electron chi connectivity index (χ3n) is 4.77.